The lowest BCUT2D eigenvalue weighted by atomic mass is 9.86. The summed E-state index contributed by atoms with van der Waals surface area (Å²) in [7, 11) is 0. The second kappa shape index (κ2) is 7.68. The number of nitrogens with zero attached hydrogens (tertiary/aromatic N) is 1. The summed E-state index contributed by atoms with van der Waals surface area (Å²) in [6.07, 6.45) is 0. The Kier molecular flexibility index (Phi) is 5.51. The van der Waals surface area contributed by atoms with Crippen LogP contribution in [-0.2, 0) is 0 Å². The summed E-state index contributed by atoms with van der Waals surface area (Å²) in [6, 6.07) is 17.9. The van der Waals surface area contributed by atoms with Crippen molar-refractivity contribution >= 4 is 0 Å². The average Bonchev–Trinajstić information content (AvgIpc) is 2.61. The fourth-order valence-electron chi connectivity index (χ4n) is 3.96. The first-order valence-electron chi connectivity index (χ1n) is 9.97. The fourth-order valence-corrected chi connectivity index (χ4v) is 3.96. The van der Waals surface area contributed by atoms with E-state index in [4.69, 9.17) is 0 Å². The van der Waals surface area contributed by atoms with Crippen LogP contribution in [0.2, 0.25) is 0 Å². The lowest BCUT2D eigenvalue weighted by molar-refractivity contribution is 0.818. The maximum atomic E-state index is 4.60. The molecule has 1 nitrogen and oxygen atoms in total. The second-order valence-electron chi connectivity index (χ2n) is 8.25. The van der Waals surface area contributed by atoms with E-state index in [0.29, 0.717) is 11.8 Å². The lowest BCUT2D eigenvalue weighted by Crippen LogP contribution is -2.00. The molecule has 0 saturated carbocycles. The average molecular weight is 358 g/mol. The van der Waals surface area contributed by atoms with Crippen LogP contribution in [0.3, 0.4) is 0 Å². The van der Waals surface area contributed by atoms with Gasteiger partial charge in [-0.1, -0.05) is 70.2 Å². The molecule has 0 N–H and O–H groups in total. The SMILES string of the molecule is Cc1ccc(-c2ccc(-c3cc(C(C)C)c(C)c(C(C)C)c3)cc2)c(C)n1. The Labute approximate surface area is 164 Å². The zero-order valence-corrected chi connectivity index (χ0v) is 17.7. The van der Waals surface area contributed by atoms with Crippen molar-refractivity contribution in [2.45, 2.75) is 60.3 Å². The van der Waals surface area contributed by atoms with E-state index in [1.165, 1.54) is 38.9 Å². The van der Waals surface area contributed by atoms with Crippen molar-refractivity contribution in [3.63, 3.8) is 0 Å². The molecule has 0 radical (unpaired) electrons. The molecule has 2 aromatic carbocycles. The molecule has 0 atom stereocenters. The molecule has 0 aliphatic carbocycles. The highest BCUT2D eigenvalue weighted by Gasteiger charge is 2.14. The molecule has 27 heavy (non-hydrogen) atoms. The first-order valence-corrected chi connectivity index (χ1v) is 9.97. The summed E-state index contributed by atoms with van der Waals surface area (Å²) in [5, 5.41) is 0. The van der Waals surface area contributed by atoms with Crippen molar-refractivity contribution in [1.82, 2.24) is 4.98 Å². The standard InChI is InChI=1S/C26H31N/c1-16(2)25-14-23(15-26(17(3)4)19(25)6)21-9-11-22(12-10-21)24-13-8-18(5)27-20(24)7/h8-17H,1-7H3. The van der Waals surface area contributed by atoms with Gasteiger partial charge in [-0.2, -0.15) is 0 Å². The minimum Gasteiger partial charge on any atom is -0.258 e. The number of hydrogen-bond donors (Lipinski definition) is 0. The van der Waals surface area contributed by atoms with E-state index >= 15 is 0 Å². The molecule has 1 heterocycles. The largest absolute Gasteiger partial charge is 0.258 e. The van der Waals surface area contributed by atoms with Gasteiger partial charge in [0.15, 0.2) is 0 Å². The second-order valence-corrected chi connectivity index (χ2v) is 8.25. The number of rotatable bonds is 4. The van der Waals surface area contributed by atoms with Crippen LogP contribution < -0.4 is 0 Å². The first-order chi connectivity index (χ1) is 12.8. The monoisotopic (exact) mass is 357 g/mol. The minimum absolute atomic E-state index is 0.531. The van der Waals surface area contributed by atoms with Crippen LogP contribution in [0.5, 0.6) is 0 Å². The Morgan fingerprint density at radius 1 is 0.630 bits per heavy atom. The van der Waals surface area contributed by atoms with E-state index in [9.17, 15) is 0 Å². The number of hydrogen-bond acceptors (Lipinski definition) is 1. The van der Waals surface area contributed by atoms with Crippen molar-refractivity contribution in [3.8, 4) is 22.3 Å². The van der Waals surface area contributed by atoms with Crippen LogP contribution in [0.25, 0.3) is 22.3 Å². The van der Waals surface area contributed by atoms with Crippen LogP contribution in [-0.4, -0.2) is 4.98 Å². The van der Waals surface area contributed by atoms with Crippen LogP contribution >= 0.6 is 0 Å². The van der Waals surface area contributed by atoms with Gasteiger partial charge >= 0.3 is 0 Å². The Bertz CT molecular complexity index is 917. The Morgan fingerprint density at radius 3 is 1.63 bits per heavy atom. The molecule has 0 spiro atoms. The van der Waals surface area contributed by atoms with Crippen LogP contribution in [0, 0.1) is 20.8 Å². The maximum Gasteiger partial charge on any atom is 0.0454 e. The van der Waals surface area contributed by atoms with Gasteiger partial charge in [-0.25, -0.2) is 0 Å². The molecule has 0 unspecified atom stereocenters. The first kappa shape index (κ1) is 19.4. The zero-order chi connectivity index (χ0) is 19.7. The number of aryl methyl sites for hydroxylation is 2. The smallest absolute Gasteiger partial charge is 0.0454 e. The predicted molar refractivity (Wildman–Crippen MR) is 117 cm³/mol. The van der Waals surface area contributed by atoms with Gasteiger partial charge in [0.25, 0.3) is 0 Å². The van der Waals surface area contributed by atoms with Gasteiger partial charge in [0.05, 0.1) is 0 Å². The van der Waals surface area contributed by atoms with Gasteiger partial charge in [0.1, 0.15) is 0 Å². The number of aromatic nitrogens is 1. The highest BCUT2D eigenvalue weighted by Crippen LogP contribution is 2.34. The van der Waals surface area contributed by atoms with Crippen molar-refractivity contribution in [2.75, 3.05) is 0 Å². The van der Waals surface area contributed by atoms with Crippen molar-refractivity contribution in [3.05, 3.63) is 76.6 Å². The van der Waals surface area contributed by atoms with E-state index in [0.717, 1.165) is 11.4 Å². The van der Waals surface area contributed by atoms with E-state index in [1.807, 2.05) is 6.92 Å². The third-order valence-corrected chi connectivity index (χ3v) is 5.49. The Morgan fingerprint density at radius 2 is 1.15 bits per heavy atom. The molecule has 0 amide bonds. The third-order valence-electron chi connectivity index (χ3n) is 5.49. The van der Waals surface area contributed by atoms with Gasteiger partial charge in [0, 0.05) is 17.0 Å². The molecule has 0 aliphatic heterocycles. The molecule has 0 bridgehead atoms. The lowest BCUT2D eigenvalue weighted by Gasteiger charge is -2.19. The molecule has 0 fully saturated rings. The van der Waals surface area contributed by atoms with Gasteiger partial charge in [-0.15, -0.1) is 0 Å². The van der Waals surface area contributed by atoms with Crippen LogP contribution in [0.4, 0.5) is 0 Å². The highest BCUT2D eigenvalue weighted by atomic mass is 14.7. The molecule has 1 aromatic heterocycles. The molecule has 3 aromatic rings. The summed E-state index contributed by atoms with van der Waals surface area (Å²) in [4.78, 5) is 4.60. The minimum atomic E-state index is 0.531. The summed E-state index contributed by atoms with van der Waals surface area (Å²) in [6.45, 7) is 15.5. The number of benzene rings is 2. The Balaban J connectivity index is 2.04. The summed E-state index contributed by atoms with van der Waals surface area (Å²) < 4.78 is 0. The van der Waals surface area contributed by atoms with Crippen molar-refractivity contribution < 1.29 is 0 Å². The molecule has 140 valence electrons. The van der Waals surface area contributed by atoms with Crippen molar-refractivity contribution in [1.29, 1.82) is 0 Å². The molecular weight excluding hydrogens is 326 g/mol. The predicted octanol–water partition coefficient (Wildman–Crippen LogP) is 7.59. The summed E-state index contributed by atoms with van der Waals surface area (Å²) >= 11 is 0. The molecule has 3 rings (SSSR count). The summed E-state index contributed by atoms with van der Waals surface area (Å²) in [5.41, 5.74) is 11.5. The third kappa shape index (κ3) is 3.98. The van der Waals surface area contributed by atoms with Crippen LogP contribution in [0.15, 0.2) is 48.5 Å². The highest BCUT2D eigenvalue weighted by molar-refractivity contribution is 5.72. The van der Waals surface area contributed by atoms with E-state index in [1.54, 1.807) is 0 Å². The molecule has 0 aliphatic rings. The normalized spacial score (nSPS) is 11.4. The quantitative estimate of drug-likeness (QED) is 0.469. The number of pyridine rings is 1. The van der Waals surface area contributed by atoms with Gasteiger partial charge < -0.3 is 0 Å². The summed E-state index contributed by atoms with van der Waals surface area (Å²) in [5.74, 6) is 1.06. The molecular formula is C26H31N. The van der Waals surface area contributed by atoms with Gasteiger partial charge in [-0.3, -0.25) is 4.98 Å². The van der Waals surface area contributed by atoms with E-state index in [2.05, 4.69) is 95.1 Å². The van der Waals surface area contributed by atoms with Gasteiger partial charge in [0.2, 0.25) is 0 Å². The van der Waals surface area contributed by atoms with Gasteiger partial charge in [-0.05, 0) is 72.1 Å². The van der Waals surface area contributed by atoms with E-state index < -0.39 is 0 Å². The maximum absolute atomic E-state index is 4.60. The Hall–Kier alpha value is -2.41. The van der Waals surface area contributed by atoms with Crippen LogP contribution in [0.1, 0.15) is 67.6 Å². The topological polar surface area (TPSA) is 12.9 Å². The molecule has 1 heteroatoms. The van der Waals surface area contributed by atoms with Crippen molar-refractivity contribution in [2.24, 2.45) is 0 Å². The molecule has 0 saturated heterocycles. The zero-order valence-electron chi connectivity index (χ0n) is 17.7. The fraction of sp³-hybridized carbons (Fsp3) is 0.346. The van der Waals surface area contributed by atoms with E-state index in [-0.39, 0.29) is 0 Å².